The second-order valence-electron chi connectivity index (χ2n) is 5.23. The van der Waals surface area contributed by atoms with Gasteiger partial charge in [0.2, 0.25) is 0 Å². The normalized spacial score (nSPS) is 26.5. The predicted octanol–water partition coefficient (Wildman–Crippen LogP) is 1.34. The van der Waals surface area contributed by atoms with Crippen molar-refractivity contribution in [1.29, 1.82) is 0 Å². The lowest BCUT2D eigenvalue weighted by molar-refractivity contribution is -0.0647. The van der Waals surface area contributed by atoms with E-state index in [9.17, 15) is 0 Å². The van der Waals surface area contributed by atoms with Gasteiger partial charge in [0.05, 0.1) is 12.3 Å². The molecule has 3 heterocycles. The number of ether oxygens (including phenoxy) is 2. The van der Waals surface area contributed by atoms with E-state index in [1.165, 1.54) is 0 Å². The van der Waals surface area contributed by atoms with E-state index >= 15 is 0 Å². The van der Waals surface area contributed by atoms with Crippen molar-refractivity contribution in [3.8, 4) is 0 Å². The van der Waals surface area contributed by atoms with E-state index in [4.69, 9.17) is 9.47 Å². The first-order valence-corrected chi connectivity index (χ1v) is 7.06. The lowest BCUT2D eigenvalue weighted by atomic mass is 10.0. The van der Waals surface area contributed by atoms with E-state index in [1.807, 2.05) is 19.2 Å². The van der Waals surface area contributed by atoms with Crippen LogP contribution in [0.5, 0.6) is 0 Å². The van der Waals surface area contributed by atoms with Gasteiger partial charge in [0.25, 0.3) is 0 Å². The molecular formula is C14H21N3O2. The van der Waals surface area contributed by atoms with Crippen LogP contribution in [0.15, 0.2) is 12.3 Å². The van der Waals surface area contributed by atoms with Gasteiger partial charge in [-0.2, -0.15) is 0 Å². The predicted molar refractivity (Wildman–Crippen MR) is 70.9 cm³/mol. The molecular weight excluding hydrogens is 242 g/mol. The Kier molecular flexibility index (Phi) is 4.06. The minimum Gasteiger partial charge on any atom is -0.381 e. The van der Waals surface area contributed by atoms with Crippen LogP contribution in [-0.2, 0) is 9.47 Å². The Hall–Kier alpha value is -1.04. The standard InChI is InChI=1S/C14H21N3O2/c1-11-15-5-2-13(16-11)14-10-17(6-9-19-14)12-3-7-18-8-4-12/h2,5,12,14H,3-4,6-10H2,1H3. The van der Waals surface area contributed by atoms with E-state index in [0.717, 1.165) is 57.3 Å². The third kappa shape index (κ3) is 3.11. The summed E-state index contributed by atoms with van der Waals surface area (Å²) in [6.45, 7) is 6.43. The molecule has 0 saturated carbocycles. The summed E-state index contributed by atoms with van der Waals surface area (Å²) in [6.07, 6.45) is 4.16. The maximum absolute atomic E-state index is 5.88. The highest BCUT2D eigenvalue weighted by Gasteiger charge is 2.29. The average molecular weight is 263 g/mol. The van der Waals surface area contributed by atoms with E-state index in [2.05, 4.69) is 14.9 Å². The first kappa shape index (κ1) is 13.0. The van der Waals surface area contributed by atoms with Crippen LogP contribution in [0.2, 0.25) is 0 Å². The van der Waals surface area contributed by atoms with Crippen molar-refractivity contribution in [2.45, 2.75) is 31.9 Å². The van der Waals surface area contributed by atoms with Crippen LogP contribution < -0.4 is 0 Å². The highest BCUT2D eigenvalue weighted by molar-refractivity contribution is 5.07. The number of aryl methyl sites for hydroxylation is 1. The van der Waals surface area contributed by atoms with E-state index in [1.54, 1.807) is 0 Å². The molecule has 2 saturated heterocycles. The van der Waals surface area contributed by atoms with Crippen LogP contribution in [0.3, 0.4) is 0 Å². The molecule has 2 aliphatic heterocycles. The van der Waals surface area contributed by atoms with Gasteiger partial charge in [0, 0.05) is 38.5 Å². The third-order valence-electron chi connectivity index (χ3n) is 3.93. The Morgan fingerprint density at radius 2 is 2.11 bits per heavy atom. The maximum Gasteiger partial charge on any atom is 0.125 e. The van der Waals surface area contributed by atoms with Crippen LogP contribution in [0.1, 0.15) is 30.5 Å². The minimum atomic E-state index is 0.0818. The second kappa shape index (κ2) is 5.94. The van der Waals surface area contributed by atoms with Gasteiger partial charge in [0.15, 0.2) is 0 Å². The quantitative estimate of drug-likeness (QED) is 0.806. The number of aromatic nitrogens is 2. The number of nitrogens with zero attached hydrogens (tertiary/aromatic N) is 3. The van der Waals surface area contributed by atoms with Gasteiger partial charge in [-0.1, -0.05) is 0 Å². The Balaban J connectivity index is 1.67. The van der Waals surface area contributed by atoms with E-state index in [0.29, 0.717) is 6.04 Å². The number of rotatable bonds is 2. The summed E-state index contributed by atoms with van der Waals surface area (Å²) in [5.74, 6) is 0.810. The molecule has 2 aliphatic rings. The van der Waals surface area contributed by atoms with Gasteiger partial charge in [-0.05, 0) is 25.8 Å². The molecule has 104 valence electrons. The summed E-state index contributed by atoms with van der Waals surface area (Å²) >= 11 is 0. The molecule has 5 nitrogen and oxygen atoms in total. The maximum atomic E-state index is 5.88. The first-order chi connectivity index (χ1) is 9.33. The molecule has 0 spiro atoms. The monoisotopic (exact) mass is 263 g/mol. The molecule has 19 heavy (non-hydrogen) atoms. The van der Waals surface area contributed by atoms with Crippen molar-refractivity contribution < 1.29 is 9.47 Å². The van der Waals surface area contributed by atoms with Gasteiger partial charge < -0.3 is 9.47 Å². The van der Waals surface area contributed by atoms with Crippen LogP contribution in [0.25, 0.3) is 0 Å². The number of hydrogen-bond acceptors (Lipinski definition) is 5. The van der Waals surface area contributed by atoms with Crippen molar-refractivity contribution >= 4 is 0 Å². The fourth-order valence-corrected chi connectivity index (χ4v) is 2.88. The number of hydrogen-bond donors (Lipinski definition) is 0. The average Bonchev–Trinajstić information content (AvgIpc) is 2.48. The van der Waals surface area contributed by atoms with Crippen molar-refractivity contribution in [2.24, 2.45) is 0 Å². The molecule has 1 aromatic heterocycles. The highest BCUT2D eigenvalue weighted by Crippen LogP contribution is 2.24. The van der Waals surface area contributed by atoms with Crippen LogP contribution in [-0.4, -0.2) is 53.8 Å². The van der Waals surface area contributed by atoms with Gasteiger partial charge >= 0.3 is 0 Å². The Morgan fingerprint density at radius 1 is 1.26 bits per heavy atom. The summed E-state index contributed by atoms with van der Waals surface area (Å²) in [7, 11) is 0. The van der Waals surface area contributed by atoms with Gasteiger partial charge in [-0.25, -0.2) is 9.97 Å². The zero-order valence-electron chi connectivity index (χ0n) is 11.4. The molecule has 1 atom stereocenters. The summed E-state index contributed by atoms with van der Waals surface area (Å²) in [5, 5.41) is 0. The van der Waals surface area contributed by atoms with Gasteiger partial charge in [0.1, 0.15) is 11.9 Å². The van der Waals surface area contributed by atoms with E-state index < -0.39 is 0 Å². The molecule has 1 unspecified atom stereocenters. The van der Waals surface area contributed by atoms with E-state index in [-0.39, 0.29) is 6.10 Å². The topological polar surface area (TPSA) is 47.5 Å². The molecule has 0 radical (unpaired) electrons. The lowest BCUT2D eigenvalue weighted by Gasteiger charge is -2.39. The van der Waals surface area contributed by atoms with Crippen LogP contribution in [0, 0.1) is 6.92 Å². The molecule has 5 heteroatoms. The van der Waals surface area contributed by atoms with Crippen molar-refractivity contribution in [3.63, 3.8) is 0 Å². The minimum absolute atomic E-state index is 0.0818. The fraction of sp³-hybridized carbons (Fsp3) is 0.714. The molecule has 0 aromatic carbocycles. The van der Waals surface area contributed by atoms with Crippen molar-refractivity contribution in [1.82, 2.24) is 14.9 Å². The highest BCUT2D eigenvalue weighted by atomic mass is 16.5. The molecule has 3 rings (SSSR count). The molecule has 0 N–H and O–H groups in total. The molecule has 0 amide bonds. The largest absolute Gasteiger partial charge is 0.381 e. The Bertz CT molecular complexity index is 421. The molecule has 0 bridgehead atoms. The van der Waals surface area contributed by atoms with Crippen LogP contribution in [0.4, 0.5) is 0 Å². The fourth-order valence-electron chi connectivity index (χ4n) is 2.88. The molecule has 0 aliphatic carbocycles. The van der Waals surface area contributed by atoms with Crippen molar-refractivity contribution in [3.05, 3.63) is 23.8 Å². The van der Waals surface area contributed by atoms with Gasteiger partial charge in [-0.3, -0.25) is 4.90 Å². The smallest absolute Gasteiger partial charge is 0.125 e. The summed E-state index contributed by atoms with van der Waals surface area (Å²) in [4.78, 5) is 11.2. The molecule has 1 aromatic rings. The Labute approximate surface area is 113 Å². The zero-order valence-corrected chi connectivity index (χ0v) is 11.4. The van der Waals surface area contributed by atoms with Crippen LogP contribution >= 0.6 is 0 Å². The summed E-state index contributed by atoms with van der Waals surface area (Å²) in [6, 6.07) is 2.61. The third-order valence-corrected chi connectivity index (χ3v) is 3.93. The summed E-state index contributed by atoms with van der Waals surface area (Å²) < 4.78 is 11.3. The van der Waals surface area contributed by atoms with Gasteiger partial charge in [-0.15, -0.1) is 0 Å². The molecule has 2 fully saturated rings. The zero-order chi connectivity index (χ0) is 13.1. The number of morpholine rings is 1. The second-order valence-corrected chi connectivity index (χ2v) is 5.23. The Morgan fingerprint density at radius 3 is 2.89 bits per heavy atom. The SMILES string of the molecule is Cc1nccc(C2CN(C3CCOCC3)CCO2)n1. The first-order valence-electron chi connectivity index (χ1n) is 7.06. The van der Waals surface area contributed by atoms with Crippen molar-refractivity contribution in [2.75, 3.05) is 32.9 Å². The lowest BCUT2D eigenvalue weighted by Crippen LogP contribution is -2.47. The summed E-state index contributed by atoms with van der Waals surface area (Å²) in [5.41, 5.74) is 1.00.